The standard InChI is InChI=1S/C37H40F3N3O4S/c1-4-5-21-41-36(45)34(23-29-12-7-6-8-13-29)42(25-30-14-9-11-28(3)22-30)35(44)26-43(32-16-10-15-31(24-32)37(38,39)40)48(46,47)33-19-17-27(2)18-20-33/h6-20,22,24,34H,4-5,21,23,25-26H2,1-3H3,(H,41,45)/t34-/m1/s1. The quantitative estimate of drug-likeness (QED) is 0.145. The zero-order valence-corrected chi connectivity index (χ0v) is 28.0. The number of halogens is 3. The van der Waals surface area contributed by atoms with Crippen molar-refractivity contribution in [3.05, 3.63) is 131 Å². The van der Waals surface area contributed by atoms with Gasteiger partial charge in [-0.05, 0) is 61.7 Å². The Hall–Kier alpha value is -4.64. The van der Waals surface area contributed by atoms with Crippen LogP contribution in [0.2, 0.25) is 0 Å². The SMILES string of the molecule is CCCCNC(=O)[C@@H](Cc1ccccc1)N(Cc1cccc(C)c1)C(=O)CN(c1cccc(C(F)(F)F)c1)S(=O)(=O)c1ccc(C)cc1. The monoisotopic (exact) mass is 679 g/mol. The second kappa shape index (κ2) is 16.0. The molecule has 0 radical (unpaired) electrons. The molecule has 4 rings (SSSR count). The van der Waals surface area contributed by atoms with Crippen molar-refractivity contribution < 1.29 is 31.2 Å². The van der Waals surface area contributed by atoms with E-state index in [1.165, 1.54) is 23.1 Å². The number of carbonyl (C=O) groups is 2. The summed E-state index contributed by atoms with van der Waals surface area (Å²) in [5.41, 5.74) is 1.77. The molecule has 4 aromatic carbocycles. The highest BCUT2D eigenvalue weighted by atomic mass is 32.2. The number of amides is 2. The van der Waals surface area contributed by atoms with Gasteiger partial charge in [-0.15, -0.1) is 0 Å². The summed E-state index contributed by atoms with van der Waals surface area (Å²) in [6.45, 7) is 5.13. The van der Waals surface area contributed by atoms with Gasteiger partial charge in [-0.25, -0.2) is 8.42 Å². The molecule has 254 valence electrons. The van der Waals surface area contributed by atoms with E-state index < -0.39 is 46.2 Å². The summed E-state index contributed by atoms with van der Waals surface area (Å²) in [5.74, 6) is -1.17. The highest BCUT2D eigenvalue weighted by molar-refractivity contribution is 7.92. The summed E-state index contributed by atoms with van der Waals surface area (Å²) in [6.07, 6.45) is -3.08. The molecule has 2 amide bonds. The van der Waals surface area contributed by atoms with E-state index in [-0.39, 0.29) is 23.5 Å². The summed E-state index contributed by atoms with van der Waals surface area (Å²) in [4.78, 5) is 29.5. The fourth-order valence-electron chi connectivity index (χ4n) is 5.27. The van der Waals surface area contributed by atoms with Crippen molar-refractivity contribution in [1.82, 2.24) is 10.2 Å². The zero-order valence-electron chi connectivity index (χ0n) is 27.2. The van der Waals surface area contributed by atoms with Crippen molar-refractivity contribution in [1.29, 1.82) is 0 Å². The van der Waals surface area contributed by atoms with Crippen LogP contribution in [0.25, 0.3) is 0 Å². The predicted molar refractivity (Wildman–Crippen MR) is 181 cm³/mol. The van der Waals surface area contributed by atoms with Gasteiger partial charge in [-0.1, -0.05) is 97.3 Å². The van der Waals surface area contributed by atoms with Gasteiger partial charge >= 0.3 is 6.18 Å². The zero-order chi connectivity index (χ0) is 34.9. The van der Waals surface area contributed by atoms with Gasteiger partial charge in [-0.3, -0.25) is 13.9 Å². The Balaban J connectivity index is 1.83. The number of sulfonamides is 1. The van der Waals surface area contributed by atoms with Crippen LogP contribution in [0.15, 0.2) is 108 Å². The molecular weight excluding hydrogens is 639 g/mol. The lowest BCUT2D eigenvalue weighted by molar-refractivity contribution is -0.140. The summed E-state index contributed by atoms with van der Waals surface area (Å²) >= 11 is 0. The number of anilines is 1. The number of benzene rings is 4. The van der Waals surface area contributed by atoms with Crippen LogP contribution in [-0.4, -0.2) is 44.3 Å². The van der Waals surface area contributed by atoms with E-state index in [0.29, 0.717) is 28.9 Å². The molecule has 1 N–H and O–H groups in total. The Morgan fingerprint density at radius 2 is 1.48 bits per heavy atom. The van der Waals surface area contributed by atoms with Crippen LogP contribution in [-0.2, 0) is 38.8 Å². The number of carbonyl (C=O) groups excluding carboxylic acids is 2. The van der Waals surface area contributed by atoms with Gasteiger partial charge in [0.05, 0.1) is 16.1 Å². The van der Waals surface area contributed by atoms with Gasteiger partial charge in [0.15, 0.2) is 0 Å². The smallest absolute Gasteiger partial charge is 0.354 e. The Kier molecular flexibility index (Phi) is 12.0. The van der Waals surface area contributed by atoms with Crippen molar-refractivity contribution in [2.75, 3.05) is 17.4 Å². The van der Waals surface area contributed by atoms with Gasteiger partial charge < -0.3 is 10.2 Å². The van der Waals surface area contributed by atoms with E-state index in [1.807, 2.05) is 62.4 Å². The summed E-state index contributed by atoms with van der Waals surface area (Å²) < 4.78 is 70.4. The fourth-order valence-corrected chi connectivity index (χ4v) is 6.68. The topological polar surface area (TPSA) is 86.8 Å². The Bertz CT molecular complexity index is 1800. The molecule has 0 saturated carbocycles. The van der Waals surface area contributed by atoms with Crippen molar-refractivity contribution >= 4 is 27.5 Å². The van der Waals surface area contributed by atoms with E-state index in [0.717, 1.165) is 35.2 Å². The number of nitrogens with one attached hydrogen (secondary N) is 1. The first-order valence-electron chi connectivity index (χ1n) is 15.7. The van der Waals surface area contributed by atoms with Crippen LogP contribution in [0.3, 0.4) is 0 Å². The van der Waals surface area contributed by atoms with Crippen molar-refractivity contribution in [3.8, 4) is 0 Å². The predicted octanol–water partition coefficient (Wildman–Crippen LogP) is 7.07. The normalized spacial score (nSPS) is 12.3. The van der Waals surface area contributed by atoms with Crippen LogP contribution in [0.1, 0.15) is 47.6 Å². The maximum absolute atomic E-state index is 14.5. The Morgan fingerprint density at radius 1 is 0.812 bits per heavy atom. The van der Waals surface area contributed by atoms with Crippen LogP contribution >= 0.6 is 0 Å². The minimum Gasteiger partial charge on any atom is -0.354 e. The average Bonchev–Trinajstić information content (AvgIpc) is 3.05. The third-order valence-corrected chi connectivity index (χ3v) is 9.67. The van der Waals surface area contributed by atoms with E-state index in [9.17, 15) is 31.2 Å². The first-order chi connectivity index (χ1) is 22.8. The van der Waals surface area contributed by atoms with Crippen LogP contribution in [0.5, 0.6) is 0 Å². The maximum atomic E-state index is 14.5. The van der Waals surface area contributed by atoms with E-state index in [1.54, 1.807) is 25.1 Å². The maximum Gasteiger partial charge on any atom is 0.416 e. The third-order valence-electron chi connectivity index (χ3n) is 7.89. The first kappa shape index (κ1) is 36.2. The molecule has 0 aliphatic rings. The minimum absolute atomic E-state index is 0.0414. The number of unbranched alkanes of at least 4 members (excludes halogenated alkanes) is 1. The van der Waals surface area contributed by atoms with Crippen LogP contribution in [0, 0.1) is 13.8 Å². The van der Waals surface area contributed by atoms with E-state index in [4.69, 9.17) is 0 Å². The van der Waals surface area contributed by atoms with E-state index >= 15 is 0 Å². The molecule has 0 spiro atoms. The van der Waals surface area contributed by atoms with Crippen molar-refractivity contribution in [3.63, 3.8) is 0 Å². The highest BCUT2D eigenvalue weighted by Crippen LogP contribution is 2.33. The van der Waals surface area contributed by atoms with Crippen LogP contribution < -0.4 is 9.62 Å². The van der Waals surface area contributed by atoms with Gasteiger partial charge in [0, 0.05) is 19.5 Å². The lowest BCUT2D eigenvalue weighted by Gasteiger charge is -2.34. The molecule has 0 heterocycles. The summed E-state index contributed by atoms with van der Waals surface area (Å²) in [7, 11) is -4.55. The molecule has 0 fully saturated rings. The number of nitrogens with zero attached hydrogens (tertiary/aromatic N) is 2. The lowest BCUT2D eigenvalue weighted by Crippen LogP contribution is -2.53. The van der Waals surface area contributed by atoms with E-state index in [2.05, 4.69) is 5.32 Å². The molecule has 11 heteroatoms. The number of hydrogen-bond acceptors (Lipinski definition) is 4. The van der Waals surface area contributed by atoms with Gasteiger partial charge in [0.1, 0.15) is 12.6 Å². The van der Waals surface area contributed by atoms with Gasteiger partial charge in [-0.2, -0.15) is 13.2 Å². The second-order valence-corrected chi connectivity index (χ2v) is 13.6. The lowest BCUT2D eigenvalue weighted by atomic mass is 10.0. The first-order valence-corrected chi connectivity index (χ1v) is 17.2. The fraction of sp³-hybridized carbons (Fsp3) is 0.297. The Morgan fingerprint density at radius 3 is 2.12 bits per heavy atom. The number of rotatable bonds is 14. The molecule has 0 aliphatic carbocycles. The Labute approximate surface area is 280 Å². The second-order valence-electron chi connectivity index (χ2n) is 11.7. The third kappa shape index (κ3) is 9.47. The van der Waals surface area contributed by atoms with Crippen LogP contribution in [0.4, 0.5) is 18.9 Å². The molecule has 0 aliphatic heterocycles. The highest BCUT2D eigenvalue weighted by Gasteiger charge is 2.36. The van der Waals surface area contributed by atoms with Gasteiger partial charge in [0.2, 0.25) is 11.8 Å². The number of aryl methyl sites for hydroxylation is 2. The molecule has 4 aromatic rings. The molecular formula is C37H40F3N3O4S. The van der Waals surface area contributed by atoms with Crippen molar-refractivity contribution in [2.24, 2.45) is 0 Å². The molecule has 0 aromatic heterocycles. The summed E-state index contributed by atoms with van der Waals surface area (Å²) in [5, 5.41) is 2.92. The number of alkyl halides is 3. The molecule has 48 heavy (non-hydrogen) atoms. The number of hydrogen-bond donors (Lipinski definition) is 1. The average molecular weight is 680 g/mol. The van der Waals surface area contributed by atoms with Gasteiger partial charge in [0.25, 0.3) is 10.0 Å². The largest absolute Gasteiger partial charge is 0.416 e. The minimum atomic E-state index is -4.76. The van der Waals surface area contributed by atoms with Crippen molar-refractivity contribution in [2.45, 2.75) is 63.7 Å². The molecule has 0 saturated heterocycles. The molecule has 0 bridgehead atoms. The molecule has 0 unspecified atom stereocenters. The molecule has 1 atom stereocenters. The summed E-state index contributed by atoms with van der Waals surface area (Å²) in [6, 6.07) is 25.1. The molecule has 7 nitrogen and oxygen atoms in total.